The maximum absolute atomic E-state index is 8.98. The topological polar surface area (TPSA) is 29.5 Å². The van der Waals surface area contributed by atoms with Gasteiger partial charge in [0, 0.05) is 0 Å². The molecule has 52 valence electrons. The first-order valence-corrected chi connectivity index (χ1v) is 3.31. The van der Waals surface area contributed by atoms with Crippen molar-refractivity contribution in [1.29, 1.82) is 0 Å². The van der Waals surface area contributed by atoms with Crippen molar-refractivity contribution in [2.45, 2.75) is 25.9 Å². The van der Waals surface area contributed by atoms with Gasteiger partial charge in [0.15, 0.2) is 0 Å². The van der Waals surface area contributed by atoms with Gasteiger partial charge >= 0.3 is 0 Å². The summed E-state index contributed by atoms with van der Waals surface area (Å²) in [5.41, 5.74) is 0. The van der Waals surface area contributed by atoms with Crippen LogP contribution in [0, 0.1) is 0 Å². The third-order valence-electron chi connectivity index (χ3n) is 1.37. The summed E-state index contributed by atoms with van der Waals surface area (Å²) in [6, 6.07) is 0. The van der Waals surface area contributed by atoms with Gasteiger partial charge in [-0.15, -0.1) is 0 Å². The summed E-state index contributed by atoms with van der Waals surface area (Å²) >= 11 is 0. The van der Waals surface area contributed by atoms with E-state index in [0.717, 1.165) is 25.2 Å². The number of hydrogen-bond acceptors (Lipinski definition) is 2. The van der Waals surface area contributed by atoms with E-state index in [-0.39, 0.29) is 0 Å². The molecule has 0 saturated carbocycles. The smallest absolute Gasteiger partial charge is 0.120 e. The van der Waals surface area contributed by atoms with Crippen LogP contribution >= 0.6 is 0 Å². The Kier molecular flexibility index (Phi) is 2.11. The van der Waals surface area contributed by atoms with Crippen molar-refractivity contribution in [1.82, 2.24) is 0 Å². The minimum absolute atomic E-state index is 0.426. The molecule has 2 nitrogen and oxygen atoms in total. The monoisotopic (exact) mass is 128 g/mol. The maximum atomic E-state index is 8.98. The van der Waals surface area contributed by atoms with E-state index in [4.69, 9.17) is 9.84 Å². The molecule has 1 aliphatic rings. The zero-order valence-electron chi connectivity index (χ0n) is 5.63. The Bertz CT molecular complexity index is 116. The molecule has 2 heteroatoms. The molecule has 1 aliphatic heterocycles. The fraction of sp³-hybridized carbons (Fsp3) is 0.714. The van der Waals surface area contributed by atoms with Gasteiger partial charge in [-0.3, -0.25) is 0 Å². The van der Waals surface area contributed by atoms with E-state index in [1.807, 2.05) is 6.08 Å². The summed E-state index contributed by atoms with van der Waals surface area (Å²) in [7, 11) is 0. The molecule has 0 aromatic heterocycles. The van der Waals surface area contributed by atoms with Crippen LogP contribution in [0.5, 0.6) is 0 Å². The Hall–Kier alpha value is -0.500. The van der Waals surface area contributed by atoms with Crippen LogP contribution in [0.25, 0.3) is 0 Å². The Morgan fingerprint density at radius 2 is 2.56 bits per heavy atom. The van der Waals surface area contributed by atoms with E-state index in [1.165, 1.54) is 0 Å². The van der Waals surface area contributed by atoms with Crippen molar-refractivity contribution < 1.29 is 9.84 Å². The van der Waals surface area contributed by atoms with Gasteiger partial charge in [0.1, 0.15) is 11.9 Å². The molecule has 1 rings (SSSR count). The van der Waals surface area contributed by atoms with Crippen LogP contribution in [0.1, 0.15) is 19.8 Å². The highest BCUT2D eigenvalue weighted by molar-refractivity contribution is 5.00. The van der Waals surface area contributed by atoms with Gasteiger partial charge in [0.05, 0.1) is 6.61 Å². The van der Waals surface area contributed by atoms with Gasteiger partial charge in [0.25, 0.3) is 0 Å². The molecule has 0 aliphatic carbocycles. The zero-order chi connectivity index (χ0) is 6.69. The van der Waals surface area contributed by atoms with Crippen molar-refractivity contribution in [3.63, 3.8) is 0 Å². The van der Waals surface area contributed by atoms with Gasteiger partial charge in [0.2, 0.25) is 0 Å². The summed E-state index contributed by atoms with van der Waals surface area (Å²) in [6.45, 7) is 2.48. The Morgan fingerprint density at radius 1 is 1.78 bits per heavy atom. The SMILES string of the molecule is CC(O)C1=CCCCO1. The van der Waals surface area contributed by atoms with E-state index in [1.54, 1.807) is 6.92 Å². The van der Waals surface area contributed by atoms with Crippen LogP contribution in [0.15, 0.2) is 11.8 Å². The molecular formula is C7H12O2. The molecular weight excluding hydrogens is 116 g/mol. The van der Waals surface area contributed by atoms with Crippen LogP contribution < -0.4 is 0 Å². The second-order valence-corrected chi connectivity index (χ2v) is 2.27. The van der Waals surface area contributed by atoms with Crippen LogP contribution in [-0.4, -0.2) is 17.8 Å². The van der Waals surface area contributed by atoms with Gasteiger partial charge in [-0.25, -0.2) is 0 Å². The number of aliphatic hydroxyl groups excluding tert-OH is 1. The normalized spacial score (nSPS) is 22.2. The lowest BCUT2D eigenvalue weighted by Gasteiger charge is -2.16. The van der Waals surface area contributed by atoms with Gasteiger partial charge < -0.3 is 9.84 Å². The van der Waals surface area contributed by atoms with E-state index in [9.17, 15) is 0 Å². The highest BCUT2D eigenvalue weighted by Crippen LogP contribution is 2.12. The first-order chi connectivity index (χ1) is 4.30. The third-order valence-corrected chi connectivity index (χ3v) is 1.37. The number of hydrogen-bond donors (Lipinski definition) is 1. The zero-order valence-corrected chi connectivity index (χ0v) is 5.63. The highest BCUT2D eigenvalue weighted by Gasteiger charge is 2.08. The number of aliphatic hydroxyl groups is 1. The number of allylic oxidation sites excluding steroid dienone is 1. The Balaban J connectivity index is 2.46. The van der Waals surface area contributed by atoms with Crippen LogP contribution in [-0.2, 0) is 4.74 Å². The van der Waals surface area contributed by atoms with Crippen molar-refractivity contribution in [3.05, 3.63) is 11.8 Å². The molecule has 9 heavy (non-hydrogen) atoms. The predicted octanol–water partition coefficient (Wildman–Crippen LogP) is 1.06. The van der Waals surface area contributed by atoms with Crippen molar-refractivity contribution in [2.24, 2.45) is 0 Å². The van der Waals surface area contributed by atoms with Crippen molar-refractivity contribution in [2.75, 3.05) is 6.61 Å². The summed E-state index contributed by atoms with van der Waals surface area (Å²) in [6.07, 6.45) is 3.65. The summed E-state index contributed by atoms with van der Waals surface area (Å²) < 4.78 is 5.15. The minimum atomic E-state index is -0.426. The lowest BCUT2D eigenvalue weighted by Crippen LogP contribution is -2.12. The molecule has 1 atom stereocenters. The summed E-state index contributed by atoms with van der Waals surface area (Å²) in [5.74, 6) is 0.737. The first-order valence-electron chi connectivity index (χ1n) is 3.31. The maximum Gasteiger partial charge on any atom is 0.120 e. The first kappa shape index (κ1) is 6.62. The fourth-order valence-corrected chi connectivity index (χ4v) is 0.868. The van der Waals surface area contributed by atoms with Crippen LogP contribution in [0.3, 0.4) is 0 Å². The van der Waals surface area contributed by atoms with Gasteiger partial charge in [-0.05, 0) is 25.8 Å². The lowest BCUT2D eigenvalue weighted by molar-refractivity contribution is 0.102. The predicted molar refractivity (Wildman–Crippen MR) is 34.9 cm³/mol. The molecule has 0 aromatic carbocycles. The Morgan fingerprint density at radius 3 is 2.89 bits per heavy atom. The molecule has 1 unspecified atom stereocenters. The summed E-state index contributed by atoms with van der Waals surface area (Å²) in [4.78, 5) is 0. The molecule has 0 amide bonds. The second-order valence-electron chi connectivity index (χ2n) is 2.27. The minimum Gasteiger partial charge on any atom is -0.496 e. The molecule has 1 heterocycles. The third kappa shape index (κ3) is 1.72. The lowest BCUT2D eigenvalue weighted by atomic mass is 10.2. The van der Waals surface area contributed by atoms with Crippen LogP contribution in [0.4, 0.5) is 0 Å². The molecule has 1 N–H and O–H groups in total. The van der Waals surface area contributed by atoms with E-state index >= 15 is 0 Å². The van der Waals surface area contributed by atoms with Crippen molar-refractivity contribution in [3.8, 4) is 0 Å². The molecule has 0 saturated heterocycles. The van der Waals surface area contributed by atoms with E-state index in [0.29, 0.717) is 0 Å². The van der Waals surface area contributed by atoms with Crippen molar-refractivity contribution >= 4 is 0 Å². The van der Waals surface area contributed by atoms with Crippen LogP contribution in [0.2, 0.25) is 0 Å². The van der Waals surface area contributed by atoms with E-state index in [2.05, 4.69) is 0 Å². The highest BCUT2D eigenvalue weighted by atomic mass is 16.5. The molecule has 0 radical (unpaired) electrons. The second kappa shape index (κ2) is 2.87. The number of ether oxygens (including phenoxy) is 1. The average Bonchev–Trinajstić information content (AvgIpc) is 1.90. The number of rotatable bonds is 1. The molecule has 0 spiro atoms. The Labute approximate surface area is 55.1 Å². The molecule has 0 fully saturated rings. The molecule has 0 aromatic rings. The molecule has 0 bridgehead atoms. The fourth-order valence-electron chi connectivity index (χ4n) is 0.868. The standard InChI is InChI=1S/C7H12O2/c1-6(8)7-4-2-3-5-9-7/h4,6,8H,2-3,5H2,1H3. The van der Waals surface area contributed by atoms with Gasteiger partial charge in [-0.1, -0.05) is 0 Å². The average molecular weight is 128 g/mol. The largest absolute Gasteiger partial charge is 0.496 e. The summed E-state index contributed by atoms with van der Waals surface area (Å²) in [5, 5.41) is 8.98. The van der Waals surface area contributed by atoms with Gasteiger partial charge in [-0.2, -0.15) is 0 Å². The van der Waals surface area contributed by atoms with E-state index < -0.39 is 6.10 Å². The quantitative estimate of drug-likeness (QED) is 0.572.